The van der Waals surface area contributed by atoms with Gasteiger partial charge in [0.05, 0.1) is 18.7 Å². The van der Waals surface area contributed by atoms with Crippen molar-refractivity contribution >= 4 is 23.2 Å². The Kier molecular flexibility index (Phi) is 3.62. The highest BCUT2D eigenvalue weighted by atomic mass is 16.5. The number of benzene rings is 2. The summed E-state index contributed by atoms with van der Waals surface area (Å²) in [5.41, 5.74) is 5.91. The largest absolute Gasteiger partial charge is 0.490 e. The number of para-hydroxylation sites is 1. The number of carbonyl (C=O) groups is 1. The number of hydrogen-bond acceptors (Lipinski definition) is 2. The van der Waals surface area contributed by atoms with E-state index in [9.17, 15) is 4.79 Å². The Morgan fingerprint density at radius 2 is 1.91 bits per heavy atom. The Morgan fingerprint density at radius 1 is 1.00 bits per heavy atom. The van der Waals surface area contributed by atoms with Gasteiger partial charge in [0.1, 0.15) is 5.75 Å². The normalized spacial score (nSPS) is 18.4. The molecule has 0 fully saturated rings. The summed E-state index contributed by atoms with van der Waals surface area (Å²) in [6.45, 7) is 0.426. The van der Waals surface area contributed by atoms with Crippen LogP contribution in [-0.4, -0.2) is 12.5 Å². The van der Waals surface area contributed by atoms with Crippen LogP contribution in [0.4, 0.5) is 5.69 Å². The molecule has 0 spiro atoms. The molecule has 23 heavy (non-hydrogen) atoms. The van der Waals surface area contributed by atoms with Crippen molar-refractivity contribution in [2.45, 2.75) is 25.7 Å². The molecule has 2 aliphatic rings. The van der Waals surface area contributed by atoms with Crippen molar-refractivity contribution < 1.29 is 9.53 Å². The molecule has 1 aliphatic heterocycles. The predicted molar refractivity (Wildman–Crippen MR) is 92.4 cm³/mol. The zero-order chi connectivity index (χ0) is 15.6. The van der Waals surface area contributed by atoms with E-state index in [1.807, 2.05) is 12.1 Å². The van der Waals surface area contributed by atoms with E-state index in [-0.39, 0.29) is 5.91 Å². The van der Waals surface area contributed by atoms with E-state index < -0.39 is 0 Å². The fourth-order valence-corrected chi connectivity index (χ4v) is 3.38. The lowest BCUT2D eigenvalue weighted by Gasteiger charge is -2.19. The van der Waals surface area contributed by atoms with Gasteiger partial charge < -0.3 is 10.1 Å². The molecule has 4 rings (SSSR count). The van der Waals surface area contributed by atoms with E-state index >= 15 is 0 Å². The van der Waals surface area contributed by atoms with E-state index in [0.717, 1.165) is 29.8 Å². The van der Waals surface area contributed by atoms with Crippen molar-refractivity contribution in [3.63, 3.8) is 0 Å². The molecule has 1 heterocycles. The number of rotatable bonds is 1. The Labute approximate surface area is 136 Å². The van der Waals surface area contributed by atoms with E-state index in [4.69, 9.17) is 4.74 Å². The number of fused-ring (bicyclic) bond motifs is 2. The maximum Gasteiger partial charge on any atom is 0.227 e. The van der Waals surface area contributed by atoms with Crippen LogP contribution in [0.2, 0.25) is 0 Å². The first-order chi connectivity index (χ1) is 11.3. The SMILES string of the molecule is O=C1CCOc2c(/C=C3\CCCc4ccccc43)cccc2N1. The molecule has 2 aromatic rings. The van der Waals surface area contributed by atoms with Gasteiger partial charge in [0, 0.05) is 5.56 Å². The first-order valence-corrected chi connectivity index (χ1v) is 8.16. The third kappa shape index (κ3) is 2.74. The molecule has 1 amide bonds. The van der Waals surface area contributed by atoms with Gasteiger partial charge in [-0.05, 0) is 48.1 Å². The maximum atomic E-state index is 11.7. The van der Waals surface area contributed by atoms with Crippen LogP contribution >= 0.6 is 0 Å². The van der Waals surface area contributed by atoms with Crippen molar-refractivity contribution in [3.8, 4) is 5.75 Å². The highest BCUT2D eigenvalue weighted by Crippen LogP contribution is 2.37. The minimum Gasteiger partial charge on any atom is -0.490 e. The third-order valence-corrected chi connectivity index (χ3v) is 4.48. The fourth-order valence-electron chi connectivity index (χ4n) is 3.38. The summed E-state index contributed by atoms with van der Waals surface area (Å²) in [7, 11) is 0. The average Bonchev–Trinajstić information content (AvgIpc) is 2.76. The number of carbonyl (C=O) groups excluding carboxylic acids is 1. The smallest absolute Gasteiger partial charge is 0.227 e. The van der Waals surface area contributed by atoms with Gasteiger partial charge in [0.25, 0.3) is 0 Å². The molecular weight excluding hydrogens is 286 g/mol. The first-order valence-electron chi connectivity index (χ1n) is 8.16. The van der Waals surface area contributed by atoms with Crippen LogP contribution in [0.5, 0.6) is 5.75 Å². The number of amides is 1. The van der Waals surface area contributed by atoms with Crippen LogP contribution in [0, 0.1) is 0 Å². The van der Waals surface area contributed by atoms with Crippen LogP contribution < -0.4 is 10.1 Å². The Balaban J connectivity index is 1.78. The average molecular weight is 305 g/mol. The molecule has 1 aliphatic carbocycles. The first kappa shape index (κ1) is 14.1. The van der Waals surface area contributed by atoms with Crippen LogP contribution in [0.3, 0.4) is 0 Å². The summed E-state index contributed by atoms with van der Waals surface area (Å²) < 4.78 is 5.85. The van der Waals surface area contributed by atoms with Crippen molar-refractivity contribution in [2.24, 2.45) is 0 Å². The van der Waals surface area contributed by atoms with Crippen molar-refractivity contribution in [1.82, 2.24) is 0 Å². The summed E-state index contributed by atoms with van der Waals surface area (Å²) in [6.07, 6.45) is 6.01. The van der Waals surface area contributed by atoms with Crippen LogP contribution in [0.1, 0.15) is 36.0 Å². The lowest BCUT2D eigenvalue weighted by Crippen LogP contribution is -2.10. The number of ether oxygens (including phenoxy) is 1. The van der Waals surface area contributed by atoms with Gasteiger partial charge in [-0.3, -0.25) is 4.79 Å². The minimum absolute atomic E-state index is 0.0107. The summed E-state index contributed by atoms with van der Waals surface area (Å²) >= 11 is 0. The summed E-state index contributed by atoms with van der Waals surface area (Å²) in [4.78, 5) is 11.7. The van der Waals surface area contributed by atoms with Gasteiger partial charge in [0.15, 0.2) is 0 Å². The summed E-state index contributed by atoms with van der Waals surface area (Å²) in [5, 5.41) is 2.93. The molecule has 2 aromatic carbocycles. The number of anilines is 1. The standard InChI is InChI=1S/C20H19NO2/c22-19-11-12-23-20-16(8-4-10-18(20)21-19)13-15-7-3-6-14-5-1-2-9-17(14)15/h1-2,4-5,8-10,13H,3,6-7,11-12H2,(H,21,22)/b15-13+. The molecule has 0 atom stereocenters. The second-order valence-corrected chi connectivity index (χ2v) is 6.05. The highest BCUT2D eigenvalue weighted by Gasteiger charge is 2.18. The van der Waals surface area contributed by atoms with Crippen LogP contribution in [0.15, 0.2) is 42.5 Å². The topological polar surface area (TPSA) is 38.3 Å². The number of hydrogen-bond donors (Lipinski definition) is 1. The molecule has 0 radical (unpaired) electrons. The molecule has 0 saturated heterocycles. The van der Waals surface area contributed by atoms with Gasteiger partial charge >= 0.3 is 0 Å². The molecule has 1 N–H and O–H groups in total. The second kappa shape index (κ2) is 5.92. The monoisotopic (exact) mass is 305 g/mol. The molecule has 116 valence electrons. The van der Waals surface area contributed by atoms with Crippen LogP contribution in [-0.2, 0) is 11.2 Å². The van der Waals surface area contributed by atoms with Gasteiger partial charge in [-0.15, -0.1) is 0 Å². The predicted octanol–water partition coefficient (Wildman–Crippen LogP) is 4.28. The van der Waals surface area contributed by atoms with Crippen molar-refractivity contribution in [1.29, 1.82) is 0 Å². The summed E-state index contributed by atoms with van der Waals surface area (Å²) in [6, 6.07) is 14.5. The molecule has 3 nitrogen and oxygen atoms in total. The molecule has 0 aromatic heterocycles. The van der Waals surface area contributed by atoms with Gasteiger partial charge in [0.2, 0.25) is 5.91 Å². The van der Waals surface area contributed by atoms with E-state index in [0.29, 0.717) is 13.0 Å². The lowest BCUT2D eigenvalue weighted by atomic mass is 9.86. The number of allylic oxidation sites excluding steroid dienone is 1. The third-order valence-electron chi connectivity index (χ3n) is 4.48. The highest BCUT2D eigenvalue weighted by molar-refractivity contribution is 5.95. The lowest BCUT2D eigenvalue weighted by molar-refractivity contribution is -0.116. The van der Waals surface area contributed by atoms with E-state index in [1.165, 1.54) is 23.1 Å². The quantitative estimate of drug-likeness (QED) is 0.853. The Bertz CT molecular complexity index is 792. The van der Waals surface area contributed by atoms with Gasteiger partial charge in [-0.25, -0.2) is 0 Å². The van der Waals surface area contributed by atoms with Crippen molar-refractivity contribution in [2.75, 3.05) is 11.9 Å². The molecule has 0 unspecified atom stereocenters. The zero-order valence-electron chi connectivity index (χ0n) is 13.0. The second-order valence-electron chi connectivity index (χ2n) is 6.05. The number of nitrogens with one attached hydrogen (secondary N) is 1. The Hall–Kier alpha value is -2.55. The Morgan fingerprint density at radius 3 is 2.87 bits per heavy atom. The zero-order valence-corrected chi connectivity index (χ0v) is 13.0. The summed E-state index contributed by atoms with van der Waals surface area (Å²) in [5.74, 6) is 0.797. The molecule has 0 saturated carbocycles. The maximum absolute atomic E-state index is 11.7. The molecule has 0 bridgehead atoms. The fraction of sp³-hybridized carbons (Fsp3) is 0.250. The van der Waals surface area contributed by atoms with Crippen molar-refractivity contribution in [3.05, 3.63) is 59.2 Å². The number of aryl methyl sites for hydroxylation is 1. The van der Waals surface area contributed by atoms with E-state index in [1.54, 1.807) is 0 Å². The minimum atomic E-state index is 0.0107. The van der Waals surface area contributed by atoms with E-state index in [2.05, 4.69) is 41.7 Å². The molecular formula is C20H19NO2. The van der Waals surface area contributed by atoms with Gasteiger partial charge in [-0.2, -0.15) is 0 Å². The van der Waals surface area contributed by atoms with Gasteiger partial charge in [-0.1, -0.05) is 36.4 Å². The van der Waals surface area contributed by atoms with Crippen LogP contribution in [0.25, 0.3) is 11.6 Å². The molecule has 3 heteroatoms.